The first kappa shape index (κ1) is 13.9. The average molecular weight is 272 g/mol. The van der Waals surface area contributed by atoms with Gasteiger partial charge in [0.05, 0.1) is 12.4 Å². The molecule has 2 rings (SSSR count). The number of aliphatic carboxylic acids is 1. The van der Waals surface area contributed by atoms with Crippen molar-refractivity contribution >= 4 is 12.0 Å². The molecule has 0 fully saturated rings. The molecule has 0 saturated carbocycles. The fourth-order valence-corrected chi connectivity index (χ4v) is 1.76. The maximum absolute atomic E-state index is 10.5. The fourth-order valence-electron chi connectivity index (χ4n) is 1.76. The highest BCUT2D eigenvalue weighted by Gasteiger charge is 2.04. The Morgan fingerprint density at radius 1 is 1.50 bits per heavy atom. The van der Waals surface area contributed by atoms with E-state index in [0.29, 0.717) is 5.75 Å². The van der Waals surface area contributed by atoms with Crippen molar-refractivity contribution in [3.8, 4) is 11.5 Å². The van der Waals surface area contributed by atoms with Gasteiger partial charge in [0.1, 0.15) is 5.75 Å². The van der Waals surface area contributed by atoms with Gasteiger partial charge in [0.25, 0.3) is 0 Å². The van der Waals surface area contributed by atoms with Gasteiger partial charge in [-0.1, -0.05) is 6.07 Å². The van der Waals surface area contributed by atoms with Crippen molar-refractivity contribution in [3.05, 3.63) is 47.8 Å². The maximum atomic E-state index is 10.5. The molecule has 1 N–H and O–H groups in total. The molecule has 0 atom stereocenters. The quantitative estimate of drug-likeness (QED) is 0.849. The Labute approximate surface area is 117 Å². The second kappa shape index (κ2) is 6.06. The first-order valence-electron chi connectivity index (χ1n) is 6.30. The summed E-state index contributed by atoms with van der Waals surface area (Å²) in [5.74, 6) is 0.451. The van der Waals surface area contributed by atoms with Crippen LogP contribution >= 0.6 is 0 Å². The van der Waals surface area contributed by atoms with E-state index in [1.54, 1.807) is 17.0 Å². The van der Waals surface area contributed by atoms with E-state index >= 15 is 0 Å². The van der Waals surface area contributed by atoms with Crippen LogP contribution in [0.3, 0.4) is 0 Å². The third kappa shape index (κ3) is 3.47. The topological polar surface area (TPSA) is 64.3 Å². The molecule has 0 aliphatic heterocycles. The highest BCUT2D eigenvalue weighted by molar-refractivity contribution is 5.85. The van der Waals surface area contributed by atoms with Crippen LogP contribution in [-0.4, -0.2) is 20.9 Å². The summed E-state index contributed by atoms with van der Waals surface area (Å²) in [6, 6.07) is 5.51. The molecule has 104 valence electrons. The van der Waals surface area contributed by atoms with Crippen molar-refractivity contribution in [2.45, 2.75) is 20.4 Å². The number of rotatable bonds is 5. The van der Waals surface area contributed by atoms with Gasteiger partial charge >= 0.3 is 5.97 Å². The molecule has 1 aromatic heterocycles. The minimum Gasteiger partial charge on any atom is -0.478 e. The number of carboxylic acids is 1. The lowest BCUT2D eigenvalue weighted by Gasteiger charge is -2.07. The summed E-state index contributed by atoms with van der Waals surface area (Å²) in [6.07, 6.45) is 6.16. The van der Waals surface area contributed by atoms with Gasteiger partial charge in [-0.15, -0.1) is 0 Å². The summed E-state index contributed by atoms with van der Waals surface area (Å²) in [4.78, 5) is 10.5. The van der Waals surface area contributed by atoms with E-state index in [1.807, 2.05) is 38.2 Å². The minimum absolute atomic E-state index is 0.684. The zero-order valence-electron chi connectivity index (χ0n) is 11.4. The molecule has 1 heterocycles. The number of ether oxygens (including phenoxy) is 1. The first-order valence-corrected chi connectivity index (χ1v) is 6.30. The number of hydrogen-bond donors (Lipinski definition) is 1. The molecule has 0 aliphatic rings. The van der Waals surface area contributed by atoms with Crippen LogP contribution in [0.1, 0.15) is 18.1 Å². The molecular formula is C15H16N2O3. The molecule has 0 amide bonds. The molecule has 5 nitrogen and oxygen atoms in total. The summed E-state index contributed by atoms with van der Waals surface area (Å²) >= 11 is 0. The molecule has 20 heavy (non-hydrogen) atoms. The van der Waals surface area contributed by atoms with Gasteiger partial charge in [0.2, 0.25) is 0 Å². The predicted molar refractivity (Wildman–Crippen MR) is 75.8 cm³/mol. The standard InChI is InChI=1S/C15H16N2O3/c1-3-17-10-13(9-16-17)20-14-6-4-12(8-11(14)2)5-7-15(18)19/h4-10H,3H2,1-2H3,(H,18,19)/b7-5+. The SMILES string of the molecule is CCn1cc(Oc2ccc(/C=C/C(=O)O)cc2C)cn1. The van der Waals surface area contributed by atoms with Crippen molar-refractivity contribution in [1.82, 2.24) is 9.78 Å². The Morgan fingerprint density at radius 2 is 2.30 bits per heavy atom. The van der Waals surface area contributed by atoms with Gasteiger partial charge in [0.15, 0.2) is 5.75 Å². The smallest absolute Gasteiger partial charge is 0.328 e. The van der Waals surface area contributed by atoms with Gasteiger partial charge in [0, 0.05) is 12.6 Å². The van der Waals surface area contributed by atoms with Crippen LogP contribution in [0, 0.1) is 6.92 Å². The molecule has 0 aliphatic carbocycles. The summed E-state index contributed by atoms with van der Waals surface area (Å²) in [7, 11) is 0. The van der Waals surface area contributed by atoms with Crippen LogP contribution in [0.15, 0.2) is 36.7 Å². The van der Waals surface area contributed by atoms with Gasteiger partial charge in [-0.2, -0.15) is 5.10 Å². The number of carbonyl (C=O) groups is 1. The highest BCUT2D eigenvalue weighted by Crippen LogP contribution is 2.25. The zero-order valence-corrected chi connectivity index (χ0v) is 11.4. The number of aromatic nitrogens is 2. The van der Waals surface area contributed by atoms with E-state index in [0.717, 1.165) is 29.5 Å². The van der Waals surface area contributed by atoms with E-state index in [-0.39, 0.29) is 0 Å². The number of nitrogens with zero attached hydrogens (tertiary/aromatic N) is 2. The van der Waals surface area contributed by atoms with Crippen molar-refractivity contribution in [3.63, 3.8) is 0 Å². The summed E-state index contributed by atoms with van der Waals surface area (Å²) in [5, 5.41) is 12.7. The molecule has 2 aromatic rings. The lowest BCUT2D eigenvalue weighted by Crippen LogP contribution is -1.92. The monoisotopic (exact) mass is 272 g/mol. The van der Waals surface area contributed by atoms with Gasteiger partial charge in [-0.25, -0.2) is 4.79 Å². The van der Waals surface area contributed by atoms with Crippen molar-refractivity contribution < 1.29 is 14.6 Å². The Balaban J connectivity index is 2.15. The molecule has 1 aromatic carbocycles. The third-order valence-electron chi connectivity index (χ3n) is 2.78. The predicted octanol–water partition coefficient (Wildman–Crippen LogP) is 3.10. The highest BCUT2D eigenvalue weighted by atomic mass is 16.5. The van der Waals surface area contributed by atoms with E-state index in [4.69, 9.17) is 9.84 Å². The number of carboxylic acid groups (broad SMARTS) is 1. The van der Waals surface area contributed by atoms with Gasteiger partial charge in [-0.3, -0.25) is 4.68 Å². The van der Waals surface area contributed by atoms with Crippen molar-refractivity contribution in [2.24, 2.45) is 0 Å². The fraction of sp³-hybridized carbons (Fsp3) is 0.200. The molecule has 0 saturated heterocycles. The van der Waals surface area contributed by atoms with E-state index in [9.17, 15) is 4.79 Å². The molecule has 0 bridgehead atoms. The number of hydrogen-bond acceptors (Lipinski definition) is 3. The summed E-state index contributed by atoms with van der Waals surface area (Å²) in [6.45, 7) is 4.71. The lowest BCUT2D eigenvalue weighted by molar-refractivity contribution is -0.131. The van der Waals surface area contributed by atoms with E-state index in [1.165, 1.54) is 0 Å². The summed E-state index contributed by atoms with van der Waals surface area (Å²) in [5.41, 5.74) is 1.75. The van der Waals surface area contributed by atoms with Crippen LogP contribution < -0.4 is 4.74 Å². The summed E-state index contributed by atoms with van der Waals surface area (Å²) < 4.78 is 7.53. The normalized spacial score (nSPS) is 10.9. The molecule has 0 radical (unpaired) electrons. The third-order valence-corrected chi connectivity index (χ3v) is 2.78. The average Bonchev–Trinajstić information content (AvgIpc) is 2.87. The van der Waals surface area contributed by atoms with Crippen LogP contribution in [0.25, 0.3) is 6.08 Å². The van der Waals surface area contributed by atoms with Crippen LogP contribution in [0.5, 0.6) is 11.5 Å². The molecular weight excluding hydrogens is 256 g/mol. The van der Waals surface area contributed by atoms with Gasteiger partial charge < -0.3 is 9.84 Å². The van der Waals surface area contributed by atoms with Crippen LogP contribution in [0.2, 0.25) is 0 Å². The zero-order chi connectivity index (χ0) is 14.5. The number of benzene rings is 1. The second-order valence-electron chi connectivity index (χ2n) is 4.33. The van der Waals surface area contributed by atoms with Crippen LogP contribution in [0.4, 0.5) is 0 Å². The lowest BCUT2D eigenvalue weighted by atomic mass is 10.1. The first-order chi connectivity index (χ1) is 9.58. The Morgan fingerprint density at radius 3 is 2.90 bits per heavy atom. The van der Waals surface area contributed by atoms with Crippen molar-refractivity contribution in [2.75, 3.05) is 0 Å². The largest absolute Gasteiger partial charge is 0.478 e. The van der Waals surface area contributed by atoms with Gasteiger partial charge in [-0.05, 0) is 43.2 Å². The van der Waals surface area contributed by atoms with E-state index in [2.05, 4.69) is 5.10 Å². The Kier molecular flexibility index (Phi) is 4.20. The minimum atomic E-state index is -0.963. The maximum Gasteiger partial charge on any atom is 0.328 e. The Bertz CT molecular complexity index is 644. The number of aryl methyl sites for hydroxylation is 2. The molecule has 0 unspecified atom stereocenters. The molecule has 0 spiro atoms. The van der Waals surface area contributed by atoms with E-state index < -0.39 is 5.97 Å². The van der Waals surface area contributed by atoms with Crippen molar-refractivity contribution in [1.29, 1.82) is 0 Å². The second-order valence-corrected chi connectivity index (χ2v) is 4.33. The Hall–Kier alpha value is -2.56. The van der Waals surface area contributed by atoms with Crippen LogP contribution in [-0.2, 0) is 11.3 Å². The molecule has 5 heteroatoms.